The van der Waals surface area contributed by atoms with Crippen molar-refractivity contribution in [2.75, 3.05) is 0 Å². The molecule has 0 aliphatic rings. The third-order valence-electron chi connectivity index (χ3n) is 3.26. The van der Waals surface area contributed by atoms with Crippen LogP contribution in [0.3, 0.4) is 0 Å². The van der Waals surface area contributed by atoms with Gasteiger partial charge in [-0.3, -0.25) is 0 Å². The number of benzene rings is 1. The average Bonchev–Trinajstić information content (AvgIpc) is 2.92. The molecule has 0 aliphatic heterocycles. The number of aryl methyl sites for hydroxylation is 2. The Morgan fingerprint density at radius 1 is 1.24 bits per heavy atom. The molecule has 0 saturated heterocycles. The summed E-state index contributed by atoms with van der Waals surface area (Å²) < 4.78 is 5.78. The van der Waals surface area contributed by atoms with E-state index in [9.17, 15) is 0 Å². The summed E-state index contributed by atoms with van der Waals surface area (Å²) in [5.41, 5.74) is 8.10. The molecular weight excluding hydrogens is 280 g/mol. The Labute approximate surface area is 131 Å². The van der Waals surface area contributed by atoms with E-state index in [0.29, 0.717) is 6.61 Å². The topological polar surface area (TPSA) is 48.1 Å². The zero-order valence-electron chi connectivity index (χ0n) is 12.8. The highest BCUT2D eigenvalue weighted by atomic mass is 32.1. The van der Waals surface area contributed by atoms with Gasteiger partial charge in [-0.25, -0.2) is 4.98 Å². The SMILES string of the molecule is CCCc1nc(COc2ccc(CCC(C)N)cc2)cs1. The molecule has 0 saturated carbocycles. The summed E-state index contributed by atoms with van der Waals surface area (Å²) in [4.78, 5) is 4.56. The van der Waals surface area contributed by atoms with E-state index >= 15 is 0 Å². The highest BCUT2D eigenvalue weighted by Gasteiger charge is 2.03. The van der Waals surface area contributed by atoms with Gasteiger partial charge < -0.3 is 10.5 Å². The second-order valence-corrected chi connectivity index (χ2v) is 6.37. The number of nitrogens with two attached hydrogens (primary N) is 1. The fourth-order valence-corrected chi connectivity index (χ4v) is 2.93. The molecule has 2 rings (SSSR count). The maximum Gasteiger partial charge on any atom is 0.131 e. The molecule has 21 heavy (non-hydrogen) atoms. The first-order valence-corrected chi connectivity index (χ1v) is 8.46. The van der Waals surface area contributed by atoms with Crippen molar-refractivity contribution in [2.24, 2.45) is 5.73 Å². The molecule has 0 fully saturated rings. The molecule has 2 N–H and O–H groups in total. The van der Waals surface area contributed by atoms with Gasteiger partial charge in [0.2, 0.25) is 0 Å². The van der Waals surface area contributed by atoms with Gasteiger partial charge in [0, 0.05) is 11.4 Å². The quantitative estimate of drug-likeness (QED) is 0.803. The molecule has 0 spiro atoms. The van der Waals surface area contributed by atoms with E-state index < -0.39 is 0 Å². The molecule has 1 unspecified atom stereocenters. The minimum absolute atomic E-state index is 0.253. The van der Waals surface area contributed by atoms with Crippen LogP contribution < -0.4 is 10.5 Å². The maximum absolute atomic E-state index is 5.78. The largest absolute Gasteiger partial charge is 0.487 e. The van der Waals surface area contributed by atoms with Gasteiger partial charge in [-0.15, -0.1) is 11.3 Å². The monoisotopic (exact) mass is 304 g/mol. The van der Waals surface area contributed by atoms with Crippen LogP contribution in [0.25, 0.3) is 0 Å². The smallest absolute Gasteiger partial charge is 0.131 e. The molecule has 1 atom stereocenters. The van der Waals surface area contributed by atoms with Crippen LogP contribution in [-0.2, 0) is 19.4 Å². The van der Waals surface area contributed by atoms with E-state index in [4.69, 9.17) is 10.5 Å². The van der Waals surface area contributed by atoms with E-state index in [1.165, 1.54) is 10.6 Å². The van der Waals surface area contributed by atoms with Crippen LogP contribution >= 0.6 is 11.3 Å². The first-order chi connectivity index (χ1) is 10.2. The lowest BCUT2D eigenvalue weighted by molar-refractivity contribution is 0.302. The molecule has 3 nitrogen and oxygen atoms in total. The van der Waals surface area contributed by atoms with Crippen LogP contribution in [0.2, 0.25) is 0 Å². The number of thiazole rings is 1. The summed E-state index contributed by atoms with van der Waals surface area (Å²) in [6.45, 7) is 4.75. The summed E-state index contributed by atoms with van der Waals surface area (Å²) in [5.74, 6) is 0.893. The average molecular weight is 304 g/mol. The molecule has 0 amide bonds. The Hall–Kier alpha value is -1.39. The van der Waals surface area contributed by atoms with Crippen LogP contribution in [0.4, 0.5) is 0 Å². The van der Waals surface area contributed by atoms with E-state index in [1.807, 2.05) is 19.1 Å². The Morgan fingerprint density at radius 2 is 2.00 bits per heavy atom. The first-order valence-electron chi connectivity index (χ1n) is 7.58. The molecular formula is C17H24N2OS. The molecule has 0 aliphatic carbocycles. The van der Waals surface area contributed by atoms with E-state index in [0.717, 1.165) is 37.1 Å². The fourth-order valence-electron chi connectivity index (χ4n) is 2.05. The fraction of sp³-hybridized carbons (Fsp3) is 0.471. The standard InChI is InChI=1S/C17H24N2OS/c1-3-4-17-19-15(12-21-17)11-20-16-9-7-14(8-10-16)6-5-13(2)18/h7-10,12-13H,3-6,11,18H2,1-2H3. The number of ether oxygens (including phenoxy) is 1. The van der Waals surface area contributed by atoms with Gasteiger partial charge in [0.1, 0.15) is 12.4 Å². The zero-order valence-corrected chi connectivity index (χ0v) is 13.7. The second kappa shape index (κ2) is 8.15. The molecule has 1 heterocycles. The number of hydrogen-bond acceptors (Lipinski definition) is 4. The molecule has 0 bridgehead atoms. The number of hydrogen-bond donors (Lipinski definition) is 1. The van der Waals surface area contributed by atoms with Crippen LogP contribution in [0.1, 0.15) is 43.0 Å². The Bertz CT molecular complexity index is 534. The van der Waals surface area contributed by atoms with E-state index in [2.05, 4.69) is 29.4 Å². The highest BCUT2D eigenvalue weighted by Crippen LogP contribution is 2.17. The van der Waals surface area contributed by atoms with Crippen molar-refractivity contribution in [3.63, 3.8) is 0 Å². The number of nitrogens with zero attached hydrogens (tertiary/aromatic N) is 1. The third-order valence-corrected chi connectivity index (χ3v) is 4.22. The van der Waals surface area contributed by atoms with Crippen molar-refractivity contribution in [3.05, 3.63) is 45.9 Å². The molecule has 1 aromatic heterocycles. The van der Waals surface area contributed by atoms with Crippen molar-refractivity contribution in [1.29, 1.82) is 0 Å². The lowest BCUT2D eigenvalue weighted by Gasteiger charge is -2.07. The first kappa shape index (κ1) is 16.0. The van der Waals surface area contributed by atoms with Crippen molar-refractivity contribution in [2.45, 2.75) is 52.2 Å². The van der Waals surface area contributed by atoms with Crippen molar-refractivity contribution < 1.29 is 4.74 Å². The van der Waals surface area contributed by atoms with Crippen molar-refractivity contribution >= 4 is 11.3 Å². The van der Waals surface area contributed by atoms with Crippen LogP contribution in [0.5, 0.6) is 5.75 Å². The molecule has 0 radical (unpaired) electrons. The predicted molar refractivity (Wildman–Crippen MR) is 88.9 cm³/mol. The van der Waals surface area contributed by atoms with Gasteiger partial charge in [0.05, 0.1) is 10.7 Å². The van der Waals surface area contributed by atoms with E-state index in [-0.39, 0.29) is 6.04 Å². The summed E-state index contributed by atoms with van der Waals surface area (Å²) >= 11 is 1.72. The van der Waals surface area contributed by atoms with Crippen LogP contribution in [0.15, 0.2) is 29.6 Å². The number of rotatable bonds is 8. The van der Waals surface area contributed by atoms with Crippen LogP contribution in [-0.4, -0.2) is 11.0 Å². The summed E-state index contributed by atoms with van der Waals surface area (Å²) in [5, 5.41) is 3.28. The summed E-state index contributed by atoms with van der Waals surface area (Å²) in [6.07, 6.45) is 4.22. The van der Waals surface area contributed by atoms with Gasteiger partial charge >= 0.3 is 0 Å². The van der Waals surface area contributed by atoms with E-state index in [1.54, 1.807) is 11.3 Å². The molecule has 114 valence electrons. The Morgan fingerprint density at radius 3 is 2.67 bits per heavy atom. The minimum Gasteiger partial charge on any atom is -0.487 e. The van der Waals surface area contributed by atoms with Crippen molar-refractivity contribution in [3.8, 4) is 5.75 Å². The molecule has 1 aromatic carbocycles. The number of aromatic nitrogens is 1. The Balaban J connectivity index is 1.82. The van der Waals surface area contributed by atoms with Crippen LogP contribution in [0, 0.1) is 0 Å². The molecule has 4 heteroatoms. The maximum atomic E-state index is 5.78. The lowest BCUT2D eigenvalue weighted by Crippen LogP contribution is -2.15. The summed E-state index contributed by atoms with van der Waals surface area (Å²) in [7, 11) is 0. The summed E-state index contributed by atoms with van der Waals surface area (Å²) in [6, 6.07) is 8.52. The third kappa shape index (κ3) is 5.48. The van der Waals surface area contributed by atoms with Gasteiger partial charge in [-0.2, -0.15) is 0 Å². The predicted octanol–water partition coefficient (Wildman–Crippen LogP) is 3.95. The van der Waals surface area contributed by atoms with Gasteiger partial charge in [-0.05, 0) is 50.3 Å². The van der Waals surface area contributed by atoms with Gasteiger partial charge in [-0.1, -0.05) is 19.1 Å². The minimum atomic E-state index is 0.253. The highest BCUT2D eigenvalue weighted by molar-refractivity contribution is 7.09. The van der Waals surface area contributed by atoms with Gasteiger partial charge in [0.25, 0.3) is 0 Å². The van der Waals surface area contributed by atoms with Gasteiger partial charge in [0.15, 0.2) is 0 Å². The zero-order chi connectivity index (χ0) is 15.1. The molecule has 2 aromatic rings. The second-order valence-electron chi connectivity index (χ2n) is 5.43. The Kier molecular flexibility index (Phi) is 6.21. The normalized spacial score (nSPS) is 12.3. The van der Waals surface area contributed by atoms with Crippen molar-refractivity contribution in [1.82, 2.24) is 4.98 Å². The lowest BCUT2D eigenvalue weighted by atomic mass is 10.1.